The predicted octanol–water partition coefficient (Wildman–Crippen LogP) is 6.57. The molecule has 0 aromatic heterocycles. The number of rotatable bonds is 14. The highest BCUT2D eigenvalue weighted by molar-refractivity contribution is 6.72. The van der Waals surface area contributed by atoms with Gasteiger partial charge in [-0.05, 0) is 89.0 Å². The van der Waals surface area contributed by atoms with Crippen LogP contribution >= 0.6 is 0 Å². The van der Waals surface area contributed by atoms with Crippen LogP contribution in [0.5, 0.6) is 5.75 Å². The van der Waals surface area contributed by atoms with E-state index in [4.69, 9.17) is 0 Å². The third-order valence-electron chi connectivity index (χ3n) is 9.12. The summed E-state index contributed by atoms with van der Waals surface area (Å²) in [5.41, 5.74) is 4.81. The summed E-state index contributed by atoms with van der Waals surface area (Å²) < 4.78 is 0. The van der Waals surface area contributed by atoms with E-state index in [0.717, 1.165) is 40.5 Å². The zero-order chi connectivity index (χ0) is 31.9. The van der Waals surface area contributed by atoms with Crippen LogP contribution in [0, 0.1) is 0 Å². The van der Waals surface area contributed by atoms with Crippen molar-refractivity contribution in [1.29, 1.82) is 0 Å². The van der Waals surface area contributed by atoms with E-state index in [1.807, 2.05) is 55.6 Å². The Balaban J connectivity index is 1.37. The second-order valence-electron chi connectivity index (χ2n) is 13.3. The van der Waals surface area contributed by atoms with Crippen molar-refractivity contribution >= 4 is 25.0 Å². The summed E-state index contributed by atoms with van der Waals surface area (Å²) in [6.07, 6.45) is 1.91. The van der Waals surface area contributed by atoms with Crippen molar-refractivity contribution < 1.29 is 19.8 Å². The molecule has 0 spiro atoms. The minimum absolute atomic E-state index is 0.00165. The monoisotopic (exact) mass is 612 g/mol. The number of hydrogen-bond donors (Lipinski definition) is 5. The first-order valence-corrected chi connectivity index (χ1v) is 18.5. The fourth-order valence-corrected chi connectivity index (χ4v) is 6.43. The van der Waals surface area contributed by atoms with Crippen molar-refractivity contribution in [2.75, 3.05) is 6.54 Å². The molecule has 2 atom stereocenters. The lowest BCUT2D eigenvalue weighted by Gasteiger charge is -2.38. The van der Waals surface area contributed by atoms with Crippen molar-refractivity contribution in [3.05, 3.63) is 113 Å². The van der Waals surface area contributed by atoms with Crippen LogP contribution in [-0.4, -0.2) is 41.8 Å². The molecule has 0 radical (unpaired) electrons. The third kappa shape index (κ3) is 8.79. The summed E-state index contributed by atoms with van der Waals surface area (Å²) >= 11 is 0. The van der Waals surface area contributed by atoms with Gasteiger partial charge in [-0.15, -0.1) is 0 Å². The normalized spacial score (nSPS) is 13.5. The smallest absolute Gasteiger partial charge is 0.224 e. The van der Waals surface area contributed by atoms with E-state index in [-0.39, 0.29) is 35.3 Å². The highest BCUT2D eigenvalue weighted by Crippen LogP contribution is 2.44. The van der Waals surface area contributed by atoms with E-state index in [0.29, 0.717) is 25.1 Å². The lowest BCUT2D eigenvalue weighted by molar-refractivity contribution is -0.120. The van der Waals surface area contributed by atoms with Crippen molar-refractivity contribution in [3.63, 3.8) is 0 Å². The van der Waals surface area contributed by atoms with Gasteiger partial charge in [0, 0.05) is 24.7 Å². The Morgan fingerprint density at radius 1 is 0.909 bits per heavy atom. The Kier molecular flexibility index (Phi) is 11.0. The molecule has 5 N–H and O–H groups in total. The van der Waals surface area contributed by atoms with Gasteiger partial charge >= 0.3 is 0 Å². The van der Waals surface area contributed by atoms with Crippen molar-refractivity contribution in [2.45, 2.75) is 83.3 Å². The lowest BCUT2D eigenvalue weighted by Crippen LogP contribution is -2.41. The Bertz CT molecular complexity index is 1560. The summed E-state index contributed by atoms with van der Waals surface area (Å²) in [5.74, 6) is 0.182. The maximum atomic E-state index is 12.8. The minimum Gasteiger partial charge on any atom is -0.508 e. The first kappa shape index (κ1) is 33.4. The van der Waals surface area contributed by atoms with Crippen LogP contribution in [0.15, 0.2) is 84.9 Å². The van der Waals surface area contributed by atoms with E-state index >= 15 is 0 Å². The summed E-state index contributed by atoms with van der Waals surface area (Å²) in [7, 11) is -2.45. The summed E-state index contributed by atoms with van der Waals surface area (Å²) in [5, 5.41) is 28.7. The van der Waals surface area contributed by atoms with Gasteiger partial charge in [0.05, 0.1) is 13.0 Å². The van der Waals surface area contributed by atoms with Crippen molar-refractivity contribution in [2.24, 2.45) is 0 Å². The molecule has 0 aliphatic heterocycles. The fourth-order valence-electron chi connectivity index (χ4n) is 5.68. The van der Waals surface area contributed by atoms with Crippen molar-refractivity contribution in [3.8, 4) is 5.75 Å². The molecule has 4 aromatic rings. The molecule has 0 unspecified atom stereocenters. The van der Waals surface area contributed by atoms with Crippen LogP contribution < -0.4 is 10.6 Å². The highest BCUT2D eigenvalue weighted by atomic mass is 28.4. The number of carbonyl (C=O) groups excluding carboxylic acids is 1. The molecule has 0 saturated heterocycles. The second kappa shape index (κ2) is 14.5. The maximum Gasteiger partial charge on any atom is 0.224 e. The second-order valence-corrected chi connectivity index (χ2v) is 17.8. The molecule has 1 amide bonds. The van der Waals surface area contributed by atoms with Crippen LogP contribution in [0.1, 0.15) is 60.9 Å². The van der Waals surface area contributed by atoms with Gasteiger partial charge in [-0.3, -0.25) is 4.79 Å². The molecular weight excluding hydrogens is 565 g/mol. The summed E-state index contributed by atoms with van der Waals surface area (Å²) in [6.45, 7) is 11.3. The summed E-state index contributed by atoms with van der Waals surface area (Å²) in [6, 6.07) is 28.2. The standard InChI is InChI=1S/C37H48N2O4Si/c1-26(38-24-33(22-37(2,3)44(4,5)43)30-16-17-35(41)32(21-30)25-40)18-27-10-8-11-28(19-27)20-36(42)39-23-31-14-9-13-29-12-6-7-15-34(29)31/h6-17,19,21,26,33,38,40-41,43H,18,20,22-25H2,1-5H3,(H,39,42)/t26-,33+/m1/s1. The number of aliphatic hydroxyl groups excluding tert-OH is 1. The molecule has 4 rings (SSSR count). The van der Waals surface area contributed by atoms with Crippen LogP contribution in [0.4, 0.5) is 0 Å². The Labute approximate surface area is 263 Å². The molecule has 0 fully saturated rings. The maximum absolute atomic E-state index is 12.8. The van der Waals surface area contributed by atoms with E-state index in [9.17, 15) is 19.8 Å². The zero-order valence-corrected chi connectivity index (χ0v) is 27.7. The van der Waals surface area contributed by atoms with Gasteiger partial charge in [-0.1, -0.05) is 86.6 Å². The first-order valence-electron chi connectivity index (χ1n) is 15.6. The Morgan fingerprint density at radius 3 is 2.36 bits per heavy atom. The van der Waals surface area contributed by atoms with Crippen LogP contribution in [-0.2, 0) is 30.8 Å². The SMILES string of the molecule is C[C@H](Cc1cccc(CC(=O)NCc2cccc3ccccc23)c1)NC[C@H](CC(C)(C)[Si](C)(C)O)c1ccc(O)c(CO)c1. The van der Waals surface area contributed by atoms with Gasteiger partial charge in [-0.25, -0.2) is 0 Å². The molecule has 4 aromatic carbocycles. The third-order valence-corrected chi connectivity index (χ3v) is 12.6. The molecule has 234 valence electrons. The number of nitrogens with one attached hydrogen (secondary N) is 2. The minimum atomic E-state index is -2.45. The number of amides is 1. The van der Waals surface area contributed by atoms with Gasteiger partial charge in [0.25, 0.3) is 0 Å². The Morgan fingerprint density at radius 2 is 1.61 bits per heavy atom. The number of benzene rings is 4. The largest absolute Gasteiger partial charge is 0.508 e. The molecule has 0 aliphatic carbocycles. The average Bonchev–Trinajstić information content (AvgIpc) is 2.98. The number of carbonyl (C=O) groups is 1. The van der Waals surface area contributed by atoms with Crippen molar-refractivity contribution in [1.82, 2.24) is 10.6 Å². The molecule has 0 saturated carbocycles. The molecule has 0 bridgehead atoms. The van der Waals surface area contributed by atoms with Gasteiger partial charge in [0.15, 0.2) is 8.32 Å². The van der Waals surface area contributed by atoms with E-state index in [1.165, 1.54) is 5.39 Å². The molecular formula is C37H48N2O4Si. The highest BCUT2D eigenvalue weighted by Gasteiger charge is 2.40. The fraction of sp³-hybridized carbons (Fsp3) is 0.378. The zero-order valence-electron chi connectivity index (χ0n) is 26.7. The Hall–Kier alpha value is -3.49. The number of hydrogen-bond acceptors (Lipinski definition) is 5. The van der Waals surface area contributed by atoms with Crippen LogP contribution in [0.2, 0.25) is 18.1 Å². The number of aromatic hydroxyl groups is 1. The molecule has 44 heavy (non-hydrogen) atoms. The molecule has 0 heterocycles. The van der Waals surface area contributed by atoms with Gasteiger partial charge < -0.3 is 25.6 Å². The van der Waals surface area contributed by atoms with Gasteiger partial charge in [0.2, 0.25) is 5.91 Å². The number of aliphatic hydroxyl groups is 1. The van der Waals surface area contributed by atoms with Crippen LogP contribution in [0.25, 0.3) is 10.8 Å². The predicted molar refractivity (Wildman–Crippen MR) is 182 cm³/mol. The average molecular weight is 613 g/mol. The molecule has 0 aliphatic rings. The van der Waals surface area contributed by atoms with Gasteiger partial charge in [-0.2, -0.15) is 0 Å². The lowest BCUT2D eigenvalue weighted by atomic mass is 9.88. The van der Waals surface area contributed by atoms with E-state index in [1.54, 1.807) is 6.07 Å². The van der Waals surface area contributed by atoms with Crippen LogP contribution in [0.3, 0.4) is 0 Å². The van der Waals surface area contributed by atoms with E-state index in [2.05, 4.69) is 67.8 Å². The number of phenols is 1. The quantitative estimate of drug-likeness (QED) is 0.104. The number of fused-ring (bicyclic) bond motifs is 1. The van der Waals surface area contributed by atoms with Gasteiger partial charge in [0.1, 0.15) is 5.75 Å². The summed E-state index contributed by atoms with van der Waals surface area (Å²) in [4.78, 5) is 23.8. The molecule has 7 heteroatoms. The first-order chi connectivity index (χ1) is 20.9. The topological polar surface area (TPSA) is 102 Å². The van der Waals surface area contributed by atoms with E-state index < -0.39 is 8.32 Å². The molecule has 6 nitrogen and oxygen atoms in total.